The largest absolute Gasteiger partial charge is 0.477 e. The van der Waals surface area contributed by atoms with Crippen molar-refractivity contribution in [1.29, 1.82) is 0 Å². The number of aliphatic hydroxyl groups is 1. The van der Waals surface area contributed by atoms with Crippen molar-refractivity contribution in [2.75, 3.05) is 0 Å². The molecule has 0 saturated carbocycles. The van der Waals surface area contributed by atoms with Gasteiger partial charge in [0, 0.05) is 5.25 Å². The summed E-state index contributed by atoms with van der Waals surface area (Å²) in [4.78, 5) is 15.2. The molecule has 1 rings (SSSR count). The molecule has 84 valence electrons. The number of thiazole rings is 1. The monoisotopic (exact) mass is 247 g/mol. The minimum Gasteiger partial charge on any atom is -0.477 e. The highest BCUT2D eigenvalue weighted by Crippen LogP contribution is 2.31. The normalized spacial score (nSPS) is 14.9. The molecule has 2 atom stereocenters. The Bertz CT molecular complexity index is 362. The molecule has 0 bridgehead atoms. The van der Waals surface area contributed by atoms with Crippen LogP contribution < -0.4 is 0 Å². The van der Waals surface area contributed by atoms with Crippen LogP contribution in [0.3, 0.4) is 0 Å². The van der Waals surface area contributed by atoms with E-state index in [-0.39, 0.29) is 10.1 Å². The zero-order valence-corrected chi connectivity index (χ0v) is 10.4. The molecular weight excluding hydrogens is 234 g/mol. The van der Waals surface area contributed by atoms with E-state index in [1.54, 1.807) is 13.8 Å². The van der Waals surface area contributed by atoms with Gasteiger partial charge in [-0.05, 0) is 13.8 Å². The molecule has 0 spiro atoms. The van der Waals surface area contributed by atoms with Gasteiger partial charge in [-0.25, -0.2) is 9.78 Å². The number of thioether (sulfide) groups is 1. The van der Waals surface area contributed by atoms with Crippen molar-refractivity contribution >= 4 is 29.1 Å². The van der Waals surface area contributed by atoms with Gasteiger partial charge in [0.15, 0.2) is 4.34 Å². The SMILES string of the molecule is Cc1nc(SC(C)C(C)O)sc1C(=O)O. The quantitative estimate of drug-likeness (QED) is 0.796. The maximum atomic E-state index is 10.8. The number of carbonyl (C=O) groups is 1. The lowest BCUT2D eigenvalue weighted by Gasteiger charge is -2.11. The topological polar surface area (TPSA) is 70.4 Å². The Morgan fingerprint density at radius 2 is 2.13 bits per heavy atom. The first-order chi connectivity index (χ1) is 6.91. The van der Waals surface area contributed by atoms with Crippen LogP contribution in [0.1, 0.15) is 29.2 Å². The van der Waals surface area contributed by atoms with Gasteiger partial charge in [-0.3, -0.25) is 0 Å². The van der Waals surface area contributed by atoms with Crippen molar-refractivity contribution < 1.29 is 15.0 Å². The van der Waals surface area contributed by atoms with Gasteiger partial charge >= 0.3 is 5.97 Å². The predicted octanol–water partition coefficient (Wildman–Crippen LogP) is 2.01. The molecule has 2 N–H and O–H groups in total. The lowest BCUT2D eigenvalue weighted by atomic mass is 10.3. The highest BCUT2D eigenvalue weighted by molar-refractivity contribution is 8.01. The molecule has 15 heavy (non-hydrogen) atoms. The first kappa shape index (κ1) is 12.5. The Hall–Kier alpha value is -0.590. The number of rotatable bonds is 4. The molecule has 1 aromatic heterocycles. The summed E-state index contributed by atoms with van der Waals surface area (Å²) in [6.07, 6.45) is -0.438. The van der Waals surface area contributed by atoms with Crippen LogP contribution in [0, 0.1) is 6.92 Å². The zero-order valence-electron chi connectivity index (χ0n) is 8.72. The number of aryl methyl sites for hydroxylation is 1. The van der Waals surface area contributed by atoms with E-state index < -0.39 is 12.1 Å². The number of aromatic carboxylic acids is 1. The van der Waals surface area contributed by atoms with Gasteiger partial charge in [-0.2, -0.15) is 0 Å². The van der Waals surface area contributed by atoms with Gasteiger partial charge < -0.3 is 10.2 Å². The van der Waals surface area contributed by atoms with E-state index in [2.05, 4.69) is 4.98 Å². The van der Waals surface area contributed by atoms with Crippen LogP contribution in [-0.2, 0) is 0 Å². The number of carboxylic acids is 1. The summed E-state index contributed by atoms with van der Waals surface area (Å²) in [6.45, 7) is 5.26. The summed E-state index contributed by atoms with van der Waals surface area (Å²) in [5.41, 5.74) is 0.535. The molecule has 0 aliphatic carbocycles. The van der Waals surface area contributed by atoms with E-state index in [1.807, 2.05) is 6.92 Å². The van der Waals surface area contributed by atoms with E-state index >= 15 is 0 Å². The molecule has 1 aromatic rings. The van der Waals surface area contributed by atoms with E-state index in [9.17, 15) is 9.90 Å². The molecular formula is C9H13NO3S2. The van der Waals surface area contributed by atoms with Crippen LogP contribution in [0.25, 0.3) is 0 Å². The number of hydrogen-bond donors (Lipinski definition) is 2. The minimum atomic E-state index is -0.943. The second-order valence-corrected chi connectivity index (χ2v) is 5.89. The number of aromatic nitrogens is 1. The van der Waals surface area contributed by atoms with Crippen LogP contribution in [0.15, 0.2) is 4.34 Å². The van der Waals surface area contributed by atoms with Crippen LogP contribution in [0.2, 0.25) is 0 Å². The van der Waals surface area contributed by atoms with Gasteiger partial charge in [0.25, 0.3) is 0 Å². The lowest BCUT2D eigenvalue weighted by Crippen LogP contribution is -2.14. The van der Waals surface area contributed by atoms with Crippen molar-refractivity contribution in [3.8, 4) is 0 Å². The average Bonchev–Trinajstić information content (AvgIpc) is 2.46. The van der Waals surface area contributed by atoms with Crippen molar-refractivity contribution in [2.45, 2.75) is 36.5 Å². The molecule has 0 amide bonds. The third-order valence-corrected chi connectivity index (χ3v) is 4.47. The summed E-state index contributed by atoms with van der Waals surface area (Å²) in [5, 5.41) is 18.2. The second-order valence-electron chi connectivity index (χ2n) is 3.26. The summed E-state index contributed by atoms with van der Waals surface area (Å²) in [5.74, 6) is -0.943. The number of hydrogen-bond acceptors (Lipinski definition) is 5. The van der Waals surface area contributed by atoms with Crippen LogP contribution >= 0.6 is 23.1 Å². The molecule has 0 aliphatic heterocycles. The standard InChI is InChI=1S/C9H13NO3S2/c1-4-7(8(12)13)15-9(10-4)14-6(3)5(2)11/h5-6,11H,1-3H3,(H,12,13). The number of carboxylic acid groups (broad SMARTS) is 1. The smallest absolute Gasteiger partial charge is 0.347 e. The summed E-state index contributed by atoms with van der Waals surface area (Å²) < 4.78 is 0.693. The maximum Gasteiger partial charge on any atom is 0.347 e. The van der Waals surface area contributed by atoms with E-state index in [0.717, 1.165) is 11.3 Å². The minimum absolute atomic E-state index is 0.0113. The Morgan fingerprint density at radius 1 is 1.53 bits per heavy atom. The van der Waals surface area contributed by atoms with Crippen molar-refractivity contribution in [2.24, 2.45) is 0 Å². The van der Waals surface area contributed by atoms with Gasteiger partial charge in [0.2, 0.25) is 0 Å². The van der Waals surface area contributed by atoms with Crippen LogP contribution in [0.5, 0.6) is 0 Å². The van der Waals surface area contributed by atoms with Gasteiger partial charge in [-0.1, -0.05) is 18.7 Å². The number of nitrogens with zero attached hydrogens (tertiary/aromatic N) is 1. The average molecular weight is 247 g/mol. The fraction of sp³-hybridized carbons (Fsp3) is 0.556. The number of aliphatic hydroxyl groups excluding tert-OH is 1. The first-order valence-corrected chi connectivity index (χ1v) is 6.17. The molecule has 4 nitrogen and oxygen atoms in total. The predicted molar refractivity (Wildman–Crippen MR) is 60.8 cm³/mol. The molecule has 0 aromatic carbocycles. The maximum absolute atomic E-state index is 10.8. The van der Waals surface area contributed by atoms with Crippen molar-refractivity contribution in [3.05, 3.63) is 10.6 Å². The van der Waals surface area contributed by atoms with Crippen molar-refractivity contribution in [3.63, 3.8) is 0 Å². The Morgan fingerprint density at radius 3 is 2.53 bits per heavy atom. The Balaban J connectivity index is 2.80. The van der Waals surface area contributed by atoms with E-state index in [4.69, 9.17) is 5.11 Å². The fourth-order valence-electron chi connectivity index (χ4n) is 0.878. The second kappa shape index (κ2) is 4.96. The molecule has 6 heteroatoms. The highest BCUT2D eigenvalue weighted by Gasteiger charge is 2.17. The Labute approximate surface area is 96.4 Å². The zero-order chi connectivity index (χ0) is 11.6. The third-order valence-electron chi connectivity index (χ3n) is 1.94. The molecule has 1 heterocycles. The summed E-state index contributed by atoms with van der Waals surface area (Å²) in [7, 11) is 0. The van der Waals surface area contributed by atoms with Crippen molar-refractivity contribution in [1.82, 2.24) is 4.98 Å². The lowest BCUT2D eigenvalue weighted by molar-refractivity contribution is 0.0701. The molecule has 2 unspecified atom stereocenters. The van der Waals surface area contributed by atoms with E-state index in [0.29, 0.717) is 10.0 Å². The molecule has 0 fully saturated rings. The molecule has 0 radical (unpaired) electrons. The molecule has 0 aliphatic rings. The summed E-state index contributed by atoms with van der Waals surface area (Å²) in [6, 6.07) is 0. The molecule has 0 saturated heterocycles. The van der Waals surface area contributed by atoms with Crippen LogP contribution in [0.4, 0.5) is 0 Å². The third kappa shape index (κ3) is 3.19. The fourth-order valence-corrected chi connectivity index (χ4v) is 3.12. The first-order valence-electron chi connectivity index (χ1n) is 4.47. The van der Waals surface area contributed by atoms with Gasteiger partial charge in [-0.15, -0.1) is 11.3 Å². The van der Waals surface area contributed by atoms with Gasteiger partial charge in [0.1, 0.15) is 4.88 Å². The Kier molecular flexibility index (Phi) is 4.12. The van der Waals surface area contributed by atoms with Crippen LogP contribution in [-0.4, -0.2) is 32.5 Å². The highest BCUT2D eigenvalue weighted by atomic mass is 32.2. The summed E-state index contributed by atoms with van der Waals surface area (Å²) >= 11 is 2.55. The van der Waals surface area contributed by atoms with E-state index in [1.165, 1.54) is 11.8 Å². The van der Waals surface area contributed by atoms with Gasteiger partial charge in [0.05, 0.1) is 11.8 Å².